The number of benzene rings is 1. The van der Waals surface area contributed by atoms with Gasteiger partial charge in [-0.1, -0.05) is 18.2 Å². The number of aryl methyl sites for hydroxylation is 1. The lowest BCUT2D eigenvalue weighted by atomic mass is 9.94. The van der Waals surface area contributed by atoms with Gasteiger partial charge < -0.3 is 25.3 Å². The highest BCUT2D eigenvalue weighted by molar-refractivity contribution is 5.98. The predicted molar refractivity (Wildman–Crippen MR) is 99.9 cm³/mol. The molecule has 2 heterocycles. The number of aromatic nitrogens is 2. The molecule has 1 atom stereocenters. The molecule has 3 amide bonds. The second-order valence-corrected chi connectivity index (χ2v) is 6.17. The maximum Gasteiger partial charge on any atom is 0.319 e. The largest absolute Gasteiger partial charge is 0.496 e. The number of nitrogens with one attached hydrogen (secondary N) is 3. The molecular weight excluding hydrogens is 346 g/mol. The van der Waals surface area contributed by atoms with Crippen molar-refractivity contribution >= 4 is 11.9 Å². The van der Waals surface area contributed by atoms with Gasteiger partial charge in [0.25, 0.3) is 5.91 Å². The zero-order valence-electron chi connectivity index (χ0n) is 15.6. The molecule has 8 heteroatoms. The lowest BCUT2D eigenvalue weighted by Gasteiger charge is -2.29. The molecule has 2 aromatic rings. The molecule has 1 aromatic heterocycles. The molecule has 0 fully saturated rings. The van der Waals surface area contributed by atoms with Gasteiger partial charge in [0.2, 0.25) is 0 Å². The number of nitrogens with zero attached hydrogens (tertiary/aromatic N) is 2. The Bertz CT molecular complexity index is 887. The fourth-order valence-corrected chi connectivity index (χ4v) is 3.18. The van der Waals surface area contributed by atoms with E-state index in [4.69, 9.17) is 4.74 Å². The molecule has 27 heavy (non-hydrogen) atoms. The highest BCUT2D eigenvalue weighted by atomic mass is 16.5. The minimum absolute atomic E-state index is 0.264. The number of imidazole rings is 1. The van der Waals surface area contributed by atoms with E-state index in [1.54, 1.807) is 32.6 Å². The molecule has 1 aliphatic rings. The van der Waals surface area contributed by atoms with Crippen molar-refractivity contribution in [3.8, 4) is 5.75 Å². The number of carbonyl (C=O) groups excluding carboxylic acids is 2. The van der Waals surface area contributed by atoms with E-state index in [9.17, 15) is 9.59 Å². The van der Waals surface area contributed by atoms with Gasteiger partial charge in [-0.25, -0.2) is 9.78 Å². The molecule has 0 bridgehead atoms. The predicted octanol–water partition coefficient (Wildman–Crippen LogP) is 1.86. The Kier molecular flexibility index (Phi) is 5.44. The van der Waals surface area contributed by atoms with Gasteiger partial charge in [0.15, 0.2) is 0 Å². The maximum atomic E-state index is 13.0. The van der Waals surface area contributed by atoms with Crippen molar-refractivity contribution in [2.24, 2.45) is 0 Å². The smallest absolute Gasteiger partial charge is 0.319 e. The first-order chi connectivity index (χ1) is 13.0. The third-order valence-electron chi connectivity index (χ3n) is 4.53. The van der Waals surface area contributed by atoms with E-state index >= 15 is 0 Å². The van der Waals surface area contributed by atoms with Crippen LogP contribution in [-0.2, 0) is 17.9 Å². The van der Waals surface area contributed by atoms with E-state index < -0.39 is 6.04 Å². The summed E-state index contributed by atoms with van der Waals surface area (Å²) in [5.74, 6) is 0.339. The summed E-state index contributed by atoms with van der Waals surface area (Å²) in [4.78, 5) is 29.1. The number of para-hydroxylation sites is 1. The Morgan fingerprint density at radius 3 is 2.89 bits per heavy atom. The molecule has 1 aliphatic heterocycles. The normalized spacial score (nSPS) is 16.6. The van der Waals surface area contributed by atoms with Crippen molar-refractivity contribution in [1.82, 2.24) is 25.5 Å². The van der Waals surface area contributed by atoms with E-state index in [1.807, 2.05) is 29.7 Å². The number of amides is 3. The van der Waals surface area contributed by atoms with Gasteiger partial charge in [-0.2, -0.15) is 0 Å². The van der Waals surface area contributed by atoms with E-state index in [0.29, 0.717) is 23.6 Å². The minimum atomic E-state index is -0.606. The monoisotopic (exact) mass is 369 g/mol. The van der Waals surface area contributed by atoms with Crippen LogP contribution in [0.15, 0.2) is 48.1 Å². The quantitative estimate of drug-likeness (QED) is 0.724. The molecule has 142 valence electrons. The topological polar surface area (TPSA) is 97.3 Å². The lowest BCUT2D eigenvalue weighted by Crippen LogP contribution is -2.47. The summed E-state index contributed by atoms with van der Waals surface area (Å²) < 4.78 is 7.37. The van der Waals surface area contributed by atoms with Gasteiger partial charge in [0, 0.05) is 24.0 Å². The van der Waals surface area contributed by atoms with E-state index in [0.717, 1.165) is 17.8 Å². The van der Waals surface area contributed by atoms with Crippen molar-refractivity contribution < 1.29 is 14.3 Å². The molecule has 0 saturated heterocycles. The summed E-state index contributed by atoms with van der Waals surface area (Å²) in [5, 5.41) is 8.41. The van der Waals surface area contributed by atoms with Crippen LogP contribution in [0.4, 0.5) is 4.79 Å². The van der Waals surface area contributed by atoms with Crippen molar-refractivity contribution in [2.75, 3.05) is 7.11 Å². The van der Waals surface area contributed by atoms with Crippen LogP contribution in [0.25, 0.3) is 0 Å². The Hall–Kier alpha value is -3.29. The zero-order valence-corrected chi connectivity index (χ0v) is 15.6. The average molecular weight is 369 g/mol. The molecule has 0 saturated carbocycles. The summed E-state index contributed by atoms with van der Waals surface area (Å²) in [6.07, 6.45) is 3.45. The number of urea groups is 1. The summed E-state index contributed by atoms with van der Waals surface area (Å²) in [6.45, 7) is 4.84. The van der Waals surface area contributed by atoms with Crippen LogP contribution >= 0.6 is 0 Å². The molecule has 3 rings (SSSR count). The first-order valence-electron chi connectivity index (χ1n) is 8.73. The van der Waals surface area contributed by atoms with Gasteiger partial charge in [-0.15, -0.1) is 0 Å². The average Bonchev–Trinajstić information content (AvgIpc) is 3.13. The van der Waals surface area contributed by atoms with Gasteiger partial charge in [0.1, 0.15) is 5.75 Å². The van der Waals surface area contributed by atoms with Crippen molar-refractivity contribution in [3.63, 3.8) is 0 Å². The van der Waals surface area contributed by atoms with Crippen molar-refractivity contribution in [2.45, 2.75) is 33.0 Å². The summed E-state index contributed by atoms with van der Waals surface area (Å²) >= 11 is 0. The third kappa shape index (κ3) is 3.79. The summed E-state index contributed by atoms with van der Waals surface area (Å²) in [6, 6.07) is 6.36. The number of carbonyl (C=O) groups is 2. The Balaban J connectivity index is 1.88. The third-order valence-corrected chi connectivity index (χ3v) is 4.53. The molecular formula is C19H23N5O3. The second-order valence-electron chi connectivity index (χ2n) is 6.17. The van der Waals surface area contributed by atoms with E-state index in [2.05, 4.69) is 20.9 Å². The van der Waals surface area contributed by atoms with E-state index in [-0.39, 0.29) is 11.9 Å². The van der Waals surface area contributed by atoms with Gasteiger partial charge in [0.05, 0.1) is 37.3 Å². The maximum absolute atomic E-state index is 13.0. The standard InChI is InChI=1S/C19H23N5O3/c1-4-24-11-20-9-13(24)10-21-18(25)16-12(2)22-19(26)23-17(16)14-7-5-6-8-15(14)27-3/h5-9,11,17H,4,10H2,1-3H3,(H,21,25)(H2,22,23,26). The SMILES string of the molecule is CCn1cncc1CNC(=O)C1=C(C)NC(=O)NC1c1ccccc1OC. The Morgan fingerprint density at radius 1 is 1.37 bits per heavy atom. The number of rotatable bonds is 6. The van der Waals surface area contributed by atoms with Gasteiger partial charge in [-0.3, -0.25) is 4.79 Å². The number of hydrogen-bond acceptors (Lipinski definition) is 4. The first kappa shape index (κ1) is 18.5. The van der Waals surface area contributed by atoms with Crippen LogP contribution in [0.1, 0.15) is 31.1 Å². The fraction of sp³-hybridized carbons (Fsp3) is 0.316. The Morgan fingerprint density at radius 2 is 2.15 bits per heavy atom. The molecule has 3 N–H and O–H groups in total. The van der Waals surface area contributed by atoms with Crippen molar-refractivity contribution in [3.05, 3.63) is 59.3 Å². The first-order valence-corrected chi connectivity index (χ1v) is 8.73. The lowest BCUT2D eigenvalue weighted by molar-refractivity contribution is -0.118. The number of hydrogen-bond donors (Lipinski definition) is 3. The summed E-state index contributed by atoms with van der Waals surface area (Å²) in [5.41, 5.74) is 2.58. The number of ether oxygens (including phenoxy) is 1. The van der Waals surface area contributed by atoms with Crippen molar-refractivity contribution in [1.29, 1.82) is 0 Å². The van der Waals surface area contributed by atoms with Crippen LogP contribution in [0.5, 0.6) is 5.75 Å². The zero-order chi connectivity index (χ0) is 19.4. The van der Waals surface area contributed by atoms with Crippen LogP contribution in [0.3, 0.4) is 0 Å². The number of allylic oxidation sites excluding steroid dienone is 1. The van der Waals surface area contributed by atoms with Gasteiger partial charge in [-0.05, 0) is 19.9 Å². The Labute approximate surface area is 157 Å². The highest BCUT2D eigenvalue weighted by Gasteiger charge is 2.32. The minimum Gasteiger partial charge on any atom is -0.496 e. The van der Waals surface area contributed by atoms with Gasteiger partial charge >= 0.3 is 6.03 Å². The molecule has 1 aromatic carbocycles. The molecule has 0 radical (unpaired) electrons. The highest BCUT2D eigenvalue weighted by Crippen LogP contribution is 2.32. The summed E-state index contributed by atoms with van der Waals surface area (Å²) in [7, 11) is 1.56. The van der Waals surface area contributed by atoms with Crippen LogP contribution in [-0.4, -0.2) is 28.6 Å². The molecule has 0 aliphatic carbocycles. The van der Waals surface area contributed by atoms with Crippen LogP contribution in [0.2, 0.25) is 0 Å². The molecule has 8 nitrogen and oxygen atoms in total. The van der Waals surface area contributed by atoms with Crippen LogP contribution < -0.4 is 20.7 Å². The fourth-order valence-electron chi connectivity index (χ4n) is 3.18. The van der Waals surface area contributed by atoms with Crippen LogP contribution in [0, 0.1) is 0 Å². The second kappa shape index (κ2) is 7.94. The number of methoxy groups -OCH3 is 1. The van der Waals surface area contributed by atoms with E-state index in [1.165, 1.54) is 0 Å². The molecule has 0 spiro atoms. The molecule has 1 unspecified atom stereocenters.